The fourth-order valence-electron chi connectivity index (χ4n) is 2.52. The number of methoxy groups -OCH3 is 2. The van der Waals surface area contributed by atoms with E-state index in [1.165, 1.54) is 44.2 Å². The van der Waals surface area contributed by atoms with Crippen molar-refractivity contribution in [1.82, 2.24) is 5.32 Å². The van der Waals surface area contributed by atoms with E-state index in [1.807, 2.05) is 0 Å². The summed E-state index contributed by atoms with van der Waals surface area (Å²) in [5.41, 5.74) is 0.668. The number of hydrogen-bond acceptors (Lipinski definition) is 4. The van der Waals surface area contributed by atoms with Crippen molar-refractivity contribution in [3.8, 4) is 11.5 Å². The first-order valence-electron chi connectivity index (χ1n) is 8.10. The molecule has 0 atom stereocenters. The molecule has 1 N–H and O–H groups in total. The minimum atomic E-state index is -0.494. The van der Waals surface area contributed by atoms with Gasteiger partial charge in [0.25, 0.3) is 5.91 Å². The Balaban J connectivity index is 2.14. The van der Waals surface area contributed by atoms with E-state index in [0.29, 0.717) is 22.2 Å². The van der Waals surface area contributed by atoms with Crippen molar-refractivity contribution in [3.05, 3.63) is 52.8 Å². The first-order valence-corrected chi connectivity index (χ1v) is 8.48. The zero-order valence-corrected chi connectivity index (χ0v) is 16.0. The molecule has 0 radical (unpaired) electrons. The number of carbonyl (C=O) groups is 2. The summed E-state index contributed by atoms with van der Waals surface area (Å²) >= 11 is 6.09. The van der Waals surface area contributed by atoms with Gasteiger partial charge < -0.3 is 19.7 Å². The average Bonchev–Trinajstić information content (AvgIpc) is 2.64. The van der Waals surface area contributed by atoms with Crippen LogP contribution in [0.4, 0.5) is 10.1 Å². The molecule has 0 bridgehead atoms. The van der Waals surface area contributed by atoms with Crippen LogP contribution in [0, 0.1) is 5.82 Å². The smallest absolute Gasteiger partial charge is 0.251 e. The summed E-state index contributed by atoms with van der Waals surface area (Å²) in [6.07, 6.45) is 0. The van der Waals surface area contributed by atoms with Crippen LogP contribution in [-0.4, -0.2) is 39.1 Å². The second-order valence-electron chi connectivity index (χ2n) is 5.60. The molecular formula is C19H20ClFN2O4. The molecule has 2 aromatic carbocycles. The lowest BCUT2D eigenvalue weighted by Crippen LogP contribution is -2.37. The summed E-state index contributed by atoms with van der Waals surface area (Å²) in [5, 5.41) is 3.01. The van der Waals surface area contributed by atoms with Gasteiger partial charge in [-0.15, -0.1) is 0 Å². The molecule has 8 heteroatoms. The van der Waals surface area contributed by atoms with Crippen LogP contribution in [0.3, 0.4) is 0 Å². The van der Waals surface area contributed by atoms with Crippen molar-refractivity contribution in [2.45, 2.75) is 6.92 Å². The van der Waals surface area contributed by atoms with Gasteiger partial charge in [-0.25, -0.2) is 4.39 Å². The number of carbonyl (C=O) groups excluding carboxylic acids is 2. The molecule has 144 valence electrons. The van der Waals surface area contributed by atoms with Crippen molar-refractivity contribution >= 4 is 29.1 Å². The van der Waals surface area contributed by atoms with Crippen LogP contribution in [-0.2, 0) is 4.79 Å². The summed E-state index contributed by atoms with van der Waals surface area (Å²) < 4.78 is 23.7. The Bertz CT molecular complexity index is 844. The molecule has 6 nitrogen and oxygen atoms in total. The molecule has 0 spiro atoms. The second-order valence-corrected chi connectivity index (χ2v) is 6.00. The summed E-state index contributed by atoms with van der Waals surface area (Å²) in [6.45, 7) is 1.73. The first-order chi connectivity index (χ1) is 12.9. The van der Waals surface area contributed by atoms with Crippen LogP contribution in [0.25, 0.3) is 0 Å². The third-order valence-corrected chi connectivity index (χ3v) is 4.13. The number of rotatable bonds is 7. The van der Waals surface area contributed by atoms with Crippen LogP contribution in [0.15, 0.2) is 36.4 Å². The standard InChI is InChI=1S/C19H20ClFN2O4/c1-12(24)23(16-11-17(26-2)15(20)10-18(16)27-3)8-7-22-19(25)13-5-4-6-14(21)9-13/h4-6,9-11H,7-8H2,1-3H3,(H,22,25). The zero-order valence-electron chi connectivity index (χ0n) is 15.2. The van der Waals surface area contributed by atoms with Crippen molar-refractivity contribution in [2.75, 3.05) is 32.2 Å². The van der Waals surface area contributed by atoms with Gasteiger partial charge in [0.05, 0.1) is 24.9 Å². The molecule has 2 rings (SSSR count). The summed E-state index contributed by atoms with van der Waals surface area (Å²) in [5.74, 6) is -0.391. The Morgan fingerprint density at radius 3 is 2.44 bits per heavy atom. The topological polar surface area (TPSA) is 67.9 Å². The second kappa shape index (κ2) is 9.23. The molecule has 2 amide bonds. The third-order valence-electron chi connectivity index (χ3n) is 3.83. The van der Waals surface area contributed by atoms with E-state index in [4.69, 9.17) is 21.1 Å². The lowest BCUT2D eigenvalue weighted by atomic mass is 10.2. The number of hydrogen-bond donors (Lipinski definition) is 1. The van der Waals surface area contributed by atoms with Crippen molar-refractivity contribution in [3.63, 3.8) is 0 Å². The molecule has 0 unspecified atom stereocenters. The highest BCUT2D eigenvalue weighted by atomic mass is 35.5. The van der Waals surface area contributed by atoms with E-state index >= 15 is 0 Å². The number of anilines is 1. The van der Waals surface area contributed by atoms with Gasteiger partial charge in [0.15, 0.2) is 0 Å². The Hall–Kier alpha value is -2.80. The number of halogens is 2. The van der Waals surface area contributed by atoms with E-state index in [1.54, 1.807) is 12.1 Å². The predicted octanol–water partition coefficient (Wildman–Crippen LogP) is 3.28. The molecule has 0 aliphatic carbocycles. The van der Waals surface area contributed by atoms with E-state index in [2.05, 4.69) is 5.32 Å². The fraction of sp³-hybridized carbons (Fsp3) is 0.263. The van der Waals surface area contributed by atoms with Crippen LogP contribution in [0.2, 0.25) is 5.02 Å². The highest BCUT2D eigenvalue weighted by Crippen LogP contribution is 2.38. The van der Waals surface area contributed by atoms with Gasteiger partial charge in [-0.05, 0) is 18.2 Å². The third kappa shape index (κ3) is 5.10. The molecule has 0 saturated heterocycles. The number of ether oxygens (including phenoxy) is 2. The van der Waals surface area contributed by atoms with E-state index in [-0.39, 0.29) is 24.6 Å². The molecule has 0 aliphatic rings. The number of nitrogens with zero attached hydrogens (tertiary/aromatic N) is 1. The molecule has 0 aliphatic heterocycles. The maximum atomic E-state index is 13.2. The summed E-state index contributed by atoms with van der Waals surface area (Å²) in [7, 11) is 2.93. The lowest BCUT2D eigenvalue weighted by Gasteiger charge is -2.24. The molecule has 0 aromatic heterocycles. The molecule has 0 heterocycles. The SMILES string of the molecule is COc1cc(N(CCNC(=O)c2cccc(F)c2)C(C)=O)c(OC)cc1Cl. The molecular weight excluding hydrogens is 375 g/mol. The Labute approximate surface area is 161 Å². The Morgan fingerprint density at radius 2 is 1.85 bits per heavy atom. The zero-order chi connectivity index (χ0) is 20.0. The highest BCUT2D eigenvalue weighted by molar-refractivity contribution is 6.32. The quantitative estimate of drug-likeness (QED) is 0.782. The van der Waals surface area contributed by atoms with Crippen LogP contribution < -0.4 is 19.7 Å². The van der Waals surface area contributed by atoms with Gasteiger partial charge >= 0.3 is 0 Å². The molecule has 0 fully saturated rings. The van der Waals surface area contributed by atoms with Crippen LogP contribution in [0.5, 0.6) is 11.5 Å². The first kappa shape index (κ1) is 20.5. The highest BCUT2D eigenvalue weighted by Gasteiger charge is 2.19. The number of benzene rings is 2. The van der Waals surface area contributed by atoms with Crippen LogP contribution >= 0.6 is 11.6 Å². The van der Waals surface area contributed by atoms with Gasteiger partial charge in [0.2, 0.25) is 5.91 Å². The predicted molar refractivity (Wildman–Crippen MR) is 101 cm³/mol. The maximum absolute atomic E-state index is 13.2. The Kier molecular flexibility index (Phi) is 7.01. The summed E-state index contributed by atoms with van der Waals surface area (Å²) in [6, 6.07) is 8.51. The van der Waals surface area contributed by atoms with Crippen molar-refractivity contribution < 1.29 is 23.5 Å². The maximum Gasteiger partial charge on any atom is 0.251 e. The van der Waals surface area contributed by atoms with Crippen LogP contribution in [0.1, 0.15) is 17.3 Å². The van der Waals surface area contributed by atoms with Gasteiger partial charge in [-0.3, -0.25) is 9.59 Å². The number of nitrogens with one attached hydrogen (secondary N) is 1. The monoisotopic (exact) mass is 394 g/mol. The Morgan fingerprint density at radius 1 is 1.15 bits per heavy atom. The van der Waals surface area contributed by atoms with Gasteiger partial charge in [-0.2, -0.15) is 0 Å². The van der Waals surface area contributed by atoms with Gasteiger partial charge in [-0.1, -0.05) is 17.7 Å². The molecule has 0 saturated carbocycles. The molecule has 27 heavy (non-hydrogen) atoms. The fourth-order valence-corrected chi connectivity index (χ4v) is 2.75. The van der Waals surface area contributed by atoms with Crippen molar-refractivity contribution in [2.24, 2.45) is 0 Å². The van der Waals surface area contributed by atoms with E-state index in [0.717, 1.165) is 6.07 Å². The van der Waals surface area contributed by atoms with Crippen molar-refractivity contribution in [1.29, 1.82) is 0 Å². The van der Waals surface area contributed by atoms with Gasteiger partial charge in [0, 0.05) is 37.7 Å². The minimum absolute atomic E-state index is 0.156. The largest absolute Gasteiger partial charge is 0.495 e. The lowest BCUT2D eigenvalue weighted by molar-refractivity contribution is -0.116. The van der Waals surface area contributed by atoms with E-state index < -0.39 is 11.7 Å². The average molecular weight is 395 g/mol. The number of amides is 2. The minimum Gasteiger partial charge on any atom is -0.495 e. The normalized spacial score (nSPS) is 10.3. The van der Waals surface area contributed by atoms with Gasteiger partial charge in [0.1, 0.15) is 17.3 Å². The molecule has 2 aromatic rings. The van der Waals surface area contributed by atoms with E-state index in [9.17, 15) is 14.0 Å². The summed E-state index contributed by atoms with van der Waals surface area (Å²) in [4.78, 5) is 25.7.